The smallest absolute Gasteiger partial charge is 0.320 e. The highest BCUT2D eigenvalue weighted by Crippen LogP contribution is 2.50. The molecule has 1 fully saturated rings. The summed E-state index contributed by atoms with van der Waals surface area (Å²) in [7, 11) is 1.86. The molecule has 0 spiro atoms. The molecule has 0 aliphatic heterocycles. The van der Waals surface area contributed by atoms with Crippen molar-refractivity contribution in [3.63, 3.8) is 0 Å². The molecule has 1 aromatic carbocycles. The molecule has 112 valence electrons. The summed E-state index contributed by atoms with van der Waals surface area (Å²) >= 11 is 3.45. The molecule has 1 aromatic heterocycles. The van der Waals surface area contributed by atoms with Gasteiger partial charge < -0.3 is 9.30 Å². The average Bonchev–Trinajstić information content (AvgIpc) is 2.79. The molecule has 4 nitrogen and oxygen atoms in total. The number of ether oxygens (including phenoxy) is 1. The third-order valence-corrected chi connectivity index (χ3v) is 4.46. The number of rotatable bonds is 4. The third-order valence-electron chi connectivity index (χ3n) is 3.96. The summed E-state index contributed by atoms with van der Waals surface area (Å²) in [5, 5.41) is 8.10. The maximum atomic E-state index is 12.4. The molecule has 1 saturated carbocycles. The monoisotopic (exact) mass is 357 g/mol. The fourth-order valence-electron chi connectivity index (χ4n) is 3.01. The van der Waals surface area contributed by atoms with Crippen LogP contribution in [0.3, 0.4) is 0 Å². The van der Waals surface area contributed by atoms with E-state index in [1.54, 1.807) is 6.33 Å². The van der Waals surface area contributed by atoms with Crippen LogP contribution >= 0.6 is 15.9 Å². The lowest BCUT2D eigenvalue weighted by molar-refractivity contribution is -0.192. The maximum Gasteiger partial charge on any atom is 0.345 e. The molecule has 0 atom stereocenters. The minimum absolute atomic E-state index is 0.422. The fourth-order valence-corrected chi connectivity index (χ4v) is 3.41. The largest absolute Gasteiger partial charge is 0.345 e. The molecule has 0 radical (unpaired) electrons. The Balaban J connectivity index is 1.96. The molecule has 0 bridgehead atoms. The first-order valence-electron chi connectivity index (χ1n) is 6.55. The first kappa shape index (κ1) is 14.6. The Morgan fingerprint density at radius 2 is 2.19 bits per heavy atom. The van der Waals surface area contributed by atoms with E-state index in [1.807, 2.05) is 35.9 Å². The van der Waals surface area contributed by atoms with Gasteiger partial charge >= 0.3 is 6.61 Å². The summed E-state index contributed by atoms with van der Waals surface area (Å²) in [6.07, 6.45) is 2.11. The van der Waals surface area contributed by atoms with E-state index in [0.717, 1.165) is 15.9 Å². The van der Waals surface area contributed by atoms with Gasteiger partial charge in [0.2, 0.25) is 0 Å². The number of benzene rings is 1. The van der Waals surface area contributed by atoms with Gasteiger partial charge in [0.25, 0.3) is 0 Å². The highest BCUT2D eigenvalue weighted by molar-refractivity contribution is 9.10. The molecule has 2 aromatic rings. The van der Waals surface area contributed by atoms with Crippen molar-refractivity contribution in [3.05, 3.63) is 46.5 Å². The second-order valence-electron chi connectivity index (χ2n) is 5.28. The van der Waals surface area contributed by atoms with Gasteiger partial charge in [0.15, 0.2) is 0 Å². The van der Waals surface area contributed by atoms with Crippen LogP contribution in [0.5, 0.6) is 0 Å². The number of hydrogen-bond acceptors (Lipinski definition) is 3. The predicted octanol–water partition coefficient (Wildman–Crippen LogP) is 3.27. The van der Waals surface area contributed by atoms with Crippen LogP contribution in [0.15, 0.2) is 35.1 Å². The van der Waals surface area contributed by atoms with Crippen LogP contribution in [-0.2, 0) is 17.2 Å². The van der Waals surface area contributed by atoms with Gasteiger partial charge in [-0.2, -0.15) is 8.78 Å². The predicted molar refractivity (Wildman–Crippen MR) is 76.0 cm³/mol. The maximum absolute atomic E-state index is 12.4. The van der Waals surface area contributed by atoms with Crippen molar-refractivity contribution in [1.29, 1.82) is 0 Å². The zero-order valence-electron chi connectivity index (χ0n) is 11.3. The van der Waals surface area contributed by atoms with Crippen molar-refractivity contribution < 1.29 is 13.5 Å². The molecule has 3 rings (SSSR count). The molecule has 0 N–H and O–H groups in total. The van der Waals surface area contributed by atoms with Crippen LogP contribution in [0.2, 0.25) is 0 Å². The minimum atomic E-state index is -2.74. The second-order valence-corrected chi connectivity index (χ2v) is 6.20. The Bertz CT molecular complexity index is 641. The molecular weight excluding hydrogens is 344 g/mol. The van der Waals surface area contributed by atoms with Gasteiger partial charge in [-0.3, -0.25) is 0 Å². The standard InChI is InChI=1S/C14H14BrF2N3O/c1-20-8-18-19-12(20)14(6-11(7-14)21-13(16)17)9-3-2-4-10(15)5-9/h2-5,8,11,13H,6-7H2,1H3/t11-,14-. The van der Waals surface area contributed by atoms with E-state index in [1.165, 1.54) is 0 Å². The summed E-state index contributed by atoms with van der Waals surface area (Å²) < 4.78 is 32.2. The third kappa shape index (κ3) is 2.60. The number of alkyl halides is 2. The van der Waals surface area contributed by atoms with Crippen molar-refractivity contribution in [2.75, 3.05) is 0 Å². The average molecular weight is 358 g/mol. The highest BCUT2D eigenvalue weighted by atomic mass is 79.9. The van der Waals surface area contributed by atoms with Crippen molar-refractivity contribution >= 4 is 15.9 Å². The lowest BCUT2D eigenvalue weighted by Gasteiger charge is -2.46. The normalized spacial score (nSPS) is 25.1. The van der Waals surface area contributed by atoms with Crippen LogP contribution in [0.25, 0.3) is 0 Å². The Kier molecular flexibility index (Phi) is 3.79. The molecule has 0 amide bonds. The molecule has 7 heteroatoms. The minimum Gasteiger partial charge on any atom is -0.320 e. The summed E-state index contributed by atoms with van der Waals surface area (Å²) in [5.74, 6) is 0.773. The fraction of sp³-hybridized carbons (Fsp3) is 0.429. The Labute approximate surface area is 129 Å². The first-order valence-corrected chi connectivity index (χ1v) is 7.35. The van der Waals surface area contributed by atoms with Crippen LogP contribution in [0, 0.1) is 0 Å². The number of nitrogens with zero attached hydrogens (tertiary/aromatic N) is 3. The molecule has 0 unspecified atom stereocenters. The number of aromatic nitrogens is 3. The Hall–Kier alpha value is -1.34. The van der Waals surface area contributed by atoms with Crippen LogP contribution < -0.4 is 0 Å². The Morgan fingerprint density at radius 3 is 2.76 bits per heavy atom. The van der Waals surface area contributed by atoms with E-state index < -0.39 is 18.1 Å². The van der Waals surface area contributed by atoms with E-state index in [-0.39, 0.29) is 0 Å². The first-order chi connectivity index (χ1) is 10.0. The molecule has 1 aliphatic rings. The topological polar surface area (TPSA) is 39.9 Å². The van der Waals surface area contributed by atoms with Gasteiger partial charge in [-0.05, 0) is 30.5 Å². The van der Waals surface area contributed by atoms with Gasteiger partial charge in [0.1, 0.15) is 12.2 Å². The van der Waals surface area contributed by atoms with E-state index in [2.05, 4.69) is 30.9 Å². The molecule has 1 aliphatic carbocycles. The summed E-state index contributed by atoms with van der Waals surface area (Å²) in [5.41, 5.74) is 0.608. The quantitative estimate of drug-likeness (QED) is 0.842. The number of hydrogen-bond donors (Lipinski definition) is 0. The van der Waals surface area contributed by atoms with Gasteiger partial charge in [0, 0.05) is 11.5 Å². The van der Waals surface area contributed by atoms with E-state index >= 15 is 0 Å². The molecule has 0 saturated heterocycles. The summed E-state index contributed by atoms with van der Waals surface area (Å²) in [6.45, 7) is -2.74. The highest BCUT2D eigenvalue weighted by Gasteiger charge is 2.51. The zero-order chi connectivity index (χ0) is 15.0. The van der Waals surface area contributed by atoms with Crippen molar-refractivity contribution in [3.8, 4) is 0 Å². The van der Waals surface area contributed by atoms with E-state index in [4.69, 9.17) is 0 Å². The Morgan fingerprint density at radius 1 is 1.43 bits per heavy atom. The molecule has 1 heterocycles. The van der Waals surface area contributed by atoms with Gasteiger partial charge in [-0.25, -0.2) is 0 Å². The number of aryl methyl sites for hydroxylation is 1. The van der Waals surface area contributed by atoms with Crippen molar-refractivity contribution in [2.45, 2.75) is 31.0 Å². The molecule has 21 heavy (non-hydrogen) atoms. The van der Waals surface area contributed by atoms with Crippen LogP contribution in [0.1, 0.15) is 24.2 Å². The SMILES string of the molecule is Cn1cnnc1[C@]1(c2cccc(Br)c2)C[C@@H](OC(F)F)C1. The number of halogens is 3. The van der Waals surface area contributed by atoms with Gasteiger partial charge in [0.05, 0.1) is 11.5 Å². The summed E-state index contributed by atoms with van der Waals surface area (Å²) in [4.78, 5) is 0. The van der Waals surface area contributed by atoms with Crippen LogP contribution in [-0.4, -0.2) is 27.5 Å². The van der Waals surface area contributed by atoms with Crippen molar-refractivity contribution in [2.24, 2.45) is 7.05 Å². The van der Waals surface area contributed by atoms with E-state index in [9.17, 15) is 8.78 Å². The second kappa shape index (κ2) is 5.46. The summed E-state index contributed by atoms with van der Waals surface area (Å²) in [6, 6.07) is 7.84. The molecular formula is C14H14BrF2N3O. The van der Waals surface area contributed by atoms with E-state index in [0.29, 0.717) is 12.8 Å². The van der Waals surface area contributed by atoms with Crippen molar-refractivity contribution in [1.82, 2.24) is 14.8 Å². The van der Waals surface area contributed by atoms with Gasteiger partial charge in [-0.15, -0.1) is 10.2 Å². The van der Waals surface area contributed by atoms with Crippen LogP contribution in [0.4, 0.5) is 8.78 Å². The zero-order valence-corrected chi connectivity index (χ0v) is 12.9. The lowest BCUT2D eigenvalue weighted by atomic mass is 9.62. The lowest BCUT2D eigenvalue weighted by Crippen LogP contribution is -2.49. The van der Waals surface area contributed by atoms with Gasteiger partial charge in [-0.1, -0.05) is 28.1 Å².